The van der Waals surface area contributed by atoms with Gasteiger partial charge in [0.2, 0.25) is 0 Å². The summed E-state index contributed by atoms with van der Waals surface area (Å²) in [7, 11) is 0. The van der Waals surface area contributed by atoms with Crippen molar-refractivity contribution in [3.05, 3.63) is 0 Å². The predicted octanol–water partition coefficient (Wildman–Crippen LogP) is 1.58. The van der Waals surface area contributed by atoms with Gasteiger partial charge in [-0.05, 0) is 38.1 Å². The average Bonchev–Trinajstić information content (AvgIpc) is 2.12. The molecular weight excluding hydrogens is 181 g/mol. The van der Waals surface area contributed by atoms with Gasteiger partial charge in [0, 0.05) is 13.1 Å². The van der Waals surface area contributed by atoms with Gasteiger partial charge >= 0.3 is 0 Å². The second kappa shape index (κ2) is 4.15. The summed E-state index contributed by atoms with van der Waals surface area (Å²) >= 11 is 0. The van der Waals surface area contributed by atoms with Gasteiger partial charge in [-0.2, -0.15) is 0 Å². The number of aliphatic hydroxyl groups excluding tert-OH is 1. The van der Waals surface area contributed by atoms with Crippen LogP contribution in [-0.2, 0) is 0 Å². The maximum Gasteiger partial charge on any atom is 0.146 e. The molecule has 2 nitrogen and oxygen atoms in total. The molecule has 1 saturated heterocycles. The smallest absolute Gasteiger partial charge is 0.146 e. The second-order valence-electron chi connectivity index (χ2n) is 4.94. The van der Waals surface area contributed by atoms with E-state index in [4.69, 9.17) is 5.11 Å². The van der Waals surface area contributed by atoms with Crippen LogP contribution in [0.5, 0.6) is 0 Å². The highest BCUT2D eigenvalue weighted by atomic mass is 19.1. The highest BCUT2D eigenvalue weighted by molar-refractivity contribution is 4.88. The van der Waals surface area contributed by atoms with Crippen molar-refractivity contribution in [2.24, 2.45) is 5.92 Å². The molecule has 3 heteroatoms. The summed E-state index contributed by atoms with van der Waals surface area (Å²) < 4.78 is 13.8. The molecule has 2 aliphatic rings. The third kappa shape index (κ3) is 2.26. The Bertz CT molecular complexity index is 196. The molecule has 0 bridgehead atoms. The Morgan fingerprint density at radius 1 is 1.36 bits per heavy atom. The predicted molar refractivity (Wildman–Crippen MR) is 53.9 cm³/mol. The molecule has 0 amide bonds. The molecule has 0 aromatic carbocycles. The number of rotatable bonds is 3. The van der Waals surface area contributed by atoms with Crippen LogP contribution >= 0.6 is 0 Å². The van der Waals surface area contributed by atoms with Crippen molar-refractivity contribution in [3.63, 3.8) is 0 Å². The van der Waals surface area contributed by atoms with Crippen LogP contribution in [0, 0.1) is 5.92 Å². The van der Waals surface area contributed by atoms with Crippen molar-refractivity contribution in [2.75, 3.05) is 26.2 Å². The maximum atomic E-state index is 13.8. The first-order valence-electron chi connectivity index (χ1n) is 5.74. The SMILES string of the molecule is OCC1(F)CCCN(CC2CCC2)C1. The number of alkyl halides is 1. The molecule has 1 unspecified atom stereocenters. The van der Waals surface area contributed by atoms with Crippen LogP contribution < -0.4 is 0 Å². The molecule has 2 rings (SSSR count). The van der Waals surface area contributed by atoms with E-state index < -0.39 is 5.67 Å². The Balaban J connectivity index is 1.80. The molecule has 0 aromatic rings. The molecule has 1 heterocycles. The fourth-order valence-electron chi connectivity index (χ4n) is 2.50. The topological polar surface area (TPSA) is 23.5 Å². The summed E-state index contributed by atoms with van der Waals surface area (Å²) in [5, 5.41) is 8.97. The Labute approximate surface area is 85.1 Å². The molecule has 14 heavy (non-hydrogen) atoms. The first-order chi connectivity index (χ1) is 6.72. The average molecular weight is 201 g/mol. The molecule has 0 spiro atoms. The first-order valence-corrected chi connectivity index (χ1v) is 5.74. The molecule has 0 aromatic heterocycles. The number of halogens is 1. The molecule has 82 valence electrons. The van der Waals surface area contributed by atoms with Crippen LogP contribution in [0.15, 0.2) is 0 Å². The monoisotopic (exact) mass is 201 g/mol. The number of hydrogen-bond acceptors (Lipinski definition) is 2. The van der Waals surface area contributed by atoms with E-state index >= 15 is 0 Å². The van der Waals surface area contributed by atoms with E-state index in [9.17, 15) is 4.39 Å². The zero-order valence-corrected chi connectivity index (χ0v) is 8.71. The van der Waals surface area contributed by atoms with E-state index in [0.29, 0.717) is 13.0 Å². The quantitative estimate of drug-likeness (QED) is 0.749. The molecule has 0 radical (unpaired) electrons. The minimum atomic E-state index is -1.32. The second-order valence-corrected chi connectivity index (χ2v) is 4.94. The molecule has 1 atom stereocenters. The summed E-state index contributed by atoms with van der Waals surface area (Å²) in [5.41, 5.74) is -1.32. The Hall–Kier alpha value is -0.150. The summed E-state index contributed by atoms with van der Waals surface area (Å²) in [4.78, 5) is 2.20. The highest BCUT2D eigenvalue weighted by Crippen LogP contribution is 2.30. The molecule has 1 aliphatic heterocycles. The summed E-state index contributed by atoms with van der Waals surface area (Å²) in [6.45, 7) is 2.20. The van der Waals surface area contributed by atoms with Crippen molar-refractivity contribution in [1.29, 1.82) is 0 Å². The first kappa shape index (κ1) is 10.4. The largest absolute Gasteiger partial charge is 0.393 e. The Morgan fingerprint density at radius 3 is 2.71 bits per heavy atom. The lowest BCUT2D eigenvalue weighted by molar-refractivity contribution is -0.00979. The van der Waals surface area contributed by atoms with Gasteiger partial charge in [-0.1, -0.05) is 6.42 Å². The maximum absolute atomic E-state index is 13.8. The van der Waals surface area contributed by atoms with E-state index in [1.807, 2.05) is 0 Å². The third-order valence-corrected chi connectivity index (χ3v) is 3.63. The number of aliphatic hydroxyl groups is 1. The minimum absolute atomic E-state index is 0.311. The molecule has 1 N–H and O–H groups in total. The zero-order chi connectivity index (χ0) is 10.0. The number of piperidine rings is 1. The highest BCUT2D eigenvalue weighted by Gasteiger charge is 2.35. The third-order valence-electron chi connectivity index (χ3n) is 3.63. The number of hydrogen-bond donors (Lipinski definition) is 1. The molecular formula is C11H20FNO. The van der Waals surface area contributed by atoms with Crippen molar-refractivity contribution in [2.45, 2.75) is 37.8 Å². The Kier molecular flexibility index (Phi) is 3.07. The standard InChI is InChI=1S/C11H20FNO/c12-11(9-14)5-2-6-13(8-11)7-10-3-1-4-10/h10,14H,1-9H2. The van der Waals surface area contributed by atoms with Gasteiger partial charge in [-0.3, -0.25) is 4.90 Å². The fraction of sp³-hybridized carbons (Fsp3) is 1.00. The lowest BCUT2D eigenvalue weighted by atomic mass is 9.84. The summed E-state index contributed by atoms with van der Waals surface area (Å²) in [6.07, 6.45) is 5.40. The van der Waals surface area contributed by atoms with Crippen LogP contribution in [0.3, 0.4) is 0 Å². The van der Waals surface area contributed by atoms with Gasteiger partial charge < -0.3 is 5.11 Å². The van der Waals surface area contributed by atoms with Gasteiger partial charge in [0.15, 0.2) is 0 Å². The lowest BCUT2D eigenvalue weighted by Crippen LogP contribution is -2.49. The van der Waals surface area contributed by atoms with Crippen LogP contribution in [0.2, 0.25) is 0 Å². The van der Waals surface area contributed by atoms with Crippen LogP contribution in [0.25, 0.3) is 0 Å². The van der Waals surface area contributed by atoms with E-state index in [2.05, 4.69) is 4.90 Å². The van der Waals surface area contributed by atoms with Crippen molar-refractivity contribution in [1.82, 2.24) is 4.90 Å². The number of likely N-dealkylation sites (tertiary alicyclic amines) is 1. The van der Waals surface area contributed by atoms with Gasteiger partial charge in [0.05, 0.1) is 6.61 Å². The fourth-order valence-corrected chi connectivity index (χ4v) is 2.50. The van der Waals surface area contributed by atoms with E-state index in [0.717, 1.165) is 25.4 Å². The van der Waals surface area contributed by atoms with Crippen LogP contribution in [-0.4, -0.2) is 41.9 Å². The van der Waals surface area contributed by atoms with Crippen molar-refractivity contribution >= 4 is 0 Å². The molecule has 2 fully saturated rings. The normalized spacial score (nSPS) is 35.6. The van der Waals surface area contributed by atoms with Gasteiger partial charge in [-0.25, -0.2) is 4.39 Å². The van der Waals surface area contributed by atoms with Gasteiger partial charge in [0.1, 0.15) is 5.67 Å². The lowest BCUT2D eigenvalue weighted by Gasteiger charge is -2.39. The van der Waals surface area contributed by atoms with E-state index in [-0.39, 0.29) is 6.61 Å². The van der Waals surface area contributed by atoms with Gasteiger partial charge in [0.25, 0.3) is 0 Å². The van der Waals surface area contributed by atoms with E-state index in [1.165, 1.54) is 19.3 Å². The minimum Gasteiger partial charge on any atom is -0.393 e. The van der Waals surface area contributed by atoms with Crippen molar-refractivity contribution in [3.8, 4) is 0 Å². The van der Waals surface area contributed by atoms with E-state index in [1.54, 1.807) is 0 Å². The van der Waals surface area contributed by atoms with Crippen LogP contribution in [0.1, 0.15) is 32.1 Å². The molecule has 1 saturated carbocycles. The summed E-state index contributed by atoms with van der Waals surface area (Å²) in [5.74, 6) is 0.802. The summed E-state index contributed by atoms with van der Waals surface area (Å²) in [6, 6.07) is 0. The van der Waals surface area contributed by atoms with Gasteiger partial charge in [-0.15, -0.1) is 0 Å². The zero-order valence-electron chi connectivity index (χ0n) is 8.71. The van der Waals surface area contributed by atoms with Crippen molar-refractivity contribution < 1.29 is 9.50 Å². The number of nitrogens with zero attached hydrogens (tertiary/aromatic N) is 1. The Morgan fingerprint density at radius 2 is 2.14 bits per heavy atom. The van der Waals surface area contributed by atoms with Crippen LogP contribution in [0.4, 0.5) is 4.39 Å². The molecule has 1 aliphatic carbocycles.